The van der Waals surface area contributed by atoms with Crippen molar-refractivity contribution in [1.82, 2.24) is 5.32 Å². The zero-order chi connectivity index (χ0) is 13.2. The quantitative estimate of drug-likeness (QED) is 0.797. The number of hydrogen-bond donors (Lipinski definition) is 1. The summed E-state index contributed by atoms with van der Waals surface area (Å²) in [6, 6.07) is 0.270. The molecule has 1 amide bonds. The van der Waals surface area contributed by atoms with Crippen molar-refractivity contribution in [3.05, 3.63) is 0 Å². The minimum atomic E-state index is -0.0345. The first kappa shape index (κ1) is 12.5. The summed E-state index contributed by atoms with van der Waals surface area (Å²) >= 11 is 0. The number of rotatable bonds is 2. The highest BCUT2D eigenvalue weighted by atomic mass is 16.2. The van der Waals surface area contributed by atoms with Crippen LogP contribution in [-0.2, 0) is 4.79 Å². The van der Waals surface area contributed by atoms with E-state index in [1.165, 1.54) is 19.3 Å². The van der Waals surface area contributed by atoms with E-state index in [9.17, 15) is 4.79 Å². The minimum Gasteiger partial charge on any atom is -0.353 e. The molecule has 4 aliphatic carbocycles. The first-order valence-electron chi connectivity index (χ1n) is 7.55. The summed E-state index contributed by atoms with van der Waals surface area (Å²) in [7, 11) is 0. The van der Waals surface area contributed by atoms with Crippen LogP contribution in [0.3, 0.4) is 0 Å². The molecule has 0 spiro atoms. The molecule has 4 saturated carbocycles. The average Bonchev–Trinajstić information content (AvgIpc) is 2.09. The highest BCUT2D eigenvalue weighted by Crippen LogP contribution is 2.69. The number of hydrogen-bond acceptors (Lipinski definition) is 1. The third kappa shape index (κ3) is 1.80. The van der Waals surface area contributed by atoms with Gasteiger partial charge in [0.25, 0.3) is 0 Å². The summed E-state index contributed by atoms with van der Waals surface area (Å²) in [5.41, 5.74) is 0.832. The van der Waals surface area contributed by atoms with Gasteiger partial charge in [-0.25, -0.2) is 0 Å². The van der Waals surface area contributed by atoms with E-state index in [0.29, 0.717) is 16.7 Å². The predicted molar refractivity (Wildman–Crippen MR) is 73.1 cm³/mol. The Morgan fingerprint density at radius 2 is 1.61 bits per heavy atom. The van der Waals surface area contributed by atoms with Gasteiger partial charge in [0, 0.05) is 6.04 Å². The Morgan fingerprint density at radius 1 is 1.06 bits per heavy atom. The lowest BCUT2D eigenvalue weighted by Crippen LogP contribution is -2.60. The molecule has 0 radical (unpaired) electrons. The van der Waals surface area contributed by atoms with Gasteiger partial charge in [-0.2, -0.15) is 0 Å². The number of carbonyl (C=O) groups excluding carboxylic acids is 1. The van der Waals surface area contributed by atoms with Crippen molar-refractivity contribution < 1.29 is 4.79 Å². The normalized spacial score (nSPS) is 49.7. The molecule has 1 N–H and O–H groups in total. The van der Waals surface area contributed by atoms with Crippen molar-refractivity contribution in [3.63, 3.8) is 0 Å². The van der Waals surface area contributed by atoms with Crippen LogP contribution in [0.1, 0.15) is 66.2 Å². The molecule has 4 aliphatic rings. The predicted octanol–water partition coefficient (Wildman–Crippen LogP) is 3.51. The Kier molecular flexibility index (Phi) is 2.44. The molecule has 4 rings (SSSR count). The highest BCUT2D eigenvalue weighted by Gasteiger charge is 2.62. The first-order chi connectivity index (χ1) is 8.24. The summed E-state index contributed by atoms with van der Waals surface area (Å²) in [6.45, 7) is 8.99. The lowest BCUT2D eigenvalue weighted by molar-refractivity contribution is -0.170. The Hall–Kier alpha value is -0.530. The van der Waals surface area contributed by atoms with Crippen LogP contribution in [0.2, 0.25) is 0 Å². The molecule has 4 fully saturated rings. The number of carbonyl (C=O) groups is 1. The molecule has 2 unspecified atom stereocenters. The maximum absolute atomic E-state index is 12.7. The third-order valence-corrected chi connectivity index (χ3v) is 5.53. The molecule has 4 bridgehead atoms. The molecule has 18 heavy (non-hydrogen) atoms. The Morgan fingerprint density at radius 3 is 2.06 bits per heavy atom. The van der Waals surface area contributed by atoms with Crippen LogP contribution < -0.4 is 5.32 Å². The molecule has 2 atom stereocenters. The number of amides is 1. The molecule has 0 aromatic carbocycles. The molecule has 0 aromatic heterocycles. The van der Waals surface area contributed by atoms with Crippen molar-refractivity contribution in [2.24, 2.45) is 22.2 Å². The maximum atomic E-state index is 12.7. The van der Waals surface area contributed by atoms with E-state index >= 15 is 0 Å². The van der Waals surface area contributed by atoms with Crippen LogP contribution in [0.25, 0.3) is 0 Å². The van der Waals surface area contributed by atoms with E-state index in [-0.39, 0.29) is 11.5 Å². The monoisotopic (exact) mass is 249 g/mol. The van der Waals surface area contributed by atoms with E-state index in [1.54, 1.807) is 0 Å². The van der Waals surface area contributed by atoms with Crippen LogP contribution >= 0.6 is 0 Å². The van der Waals surface area contributed by atoms with Gasteiger partial charge in [0.05, 0.1) is 5.41 Å². The van der Waals surface area contributed by atoms with Crippen LogP contribution in [0.15, 0.2) is 0 Å². The Labute approximate surface area is 111 Å². The topological polar surface area (TPSA) is 29.1 Å². The molecular formula is C16H27NO. The van der Waals surface area contributed by atoms with E-state index in [0.717, 1.165) is 25.2 Å². The van der Waals surface area contributed by atoms with Crippen molar-refractivity contribution >= 4 is 5.91 Å². The van der Waals surface area contributed by atoms with E-state index in [4.69, 9.17) is 0 Å². The average molecular weight is 249 g/mol. The van der Waals surface area contributed by atoms with Gasteiger partial charge in [-0.15, -0.1) is 0 Å². The second kappa shape index (κ2) is 3.52. The largest absolute Gasteiger partial charge is 0.353 e. The zero-order valence-electron chi connectivity index (χ0n) is 12.3. The Balaban J connectivity index is 1.91. The van der Waals surface area contributed by atoms with Gasteiger partial charge in [0.15, 0.2) is 0 Å². The van der Waals surface area contributed by atoms with Crippen LogP contribution in [0.5, 0.6) is 0 Å². The van der Waals surface area contributed by atoms with Crippen LogP contribution in [-0.4, -0.2) is 11.9 Å². The highest BCUT2D eigenvalue weighted by molar-refractivity contribution is 5.83. The summed E-state index contributed by atoms with van der Waals surface area (Å²) < 4.78 is 0. The van der Waals surface area contributed by atoms with Gasteiger partial charge >= 0.3 is 0 Å². The van der Waals surface area contributed by atoms with Crippen molar-refractivity contribution in [2.45, 2.75) is 72.3 Å². The second-order valence-electron chi connectivity index (χ2n) is 8.54. The molecule has 0 saturated heterocycles. The van der Waals surface area contributed by atoms with E-state index < -0.39 is 0 Å². The molecule has 2 nitrogen and oxygen atoms in total. The van der Waals surface area contributed by atoms with E-state index in [1.807, 2.05) is 0 Å². The fourth-order valence-electron chi connectivity index (χ4n) is 6.12. The fourth-order valence-corrected chi connectivity index (χ4v) is 6.12. The van der Waals surface area contributed by atoms with Crippen LogP contribution in [0, 0.1) is 22.2 Å². The molecular weight excluding hydrogens is 222 g/mol. The minimum absolute atomic E-state index is 0.0345. The van der Waals surface area contributed by atoms with Crippen LogP contribution in [0.4, 0.5) is 0 Å². The molecule has 102 valence electrons. The second-order valence-corrected chi connectivity index (χ2v) is 8.54. The summed E-state index contributed by atoms with van der Waals surface area (Å²) in [5.74, 6) is 1.15. The van der Waals surface area contributed by atoms with Crippen molar-refractivity contribution in [2.75, 3.05) is 0 Å². The lowest BCUT2D eigenvalue weighted by Gasteiger charge is -2.64. The summed E-state index contributed by atoms with van der Waals surface area (Å²) in [4.78, 5) is 12.7. The van der Waals surface area contributed by atoms with Gasteiger partial charge in [0.2, 0.25) is 5.91 Å². The Bertz CT molecular complexity index is 369. The fraction of sp³-hybridized carbons (Fsp3) is 0.938. The summed E-state index contributed by atoms with van der Waals surface area (Å²) in [6.07, 6.45) is 7.47. The lowest BCUT2D eigenvalue weighted by atomic mass is 9.40. The van der Waals surface area contributed by atoms with Crippen molar-refractivity contribution in [3.8, 4) is 0 Å². The zero-order valence-corrected chi connectivity index (χ0v) is 12.3. The standard InChI is InChI=1S/C16H27NO/c1-11(2)17-13(18)16-7-12-5-14(3,9-16)8-15(4,6-12)10-16/h11-12H,5-10H2,1-4H3,(H,17,18). The van der Waals surface area contributed by atoms with Gasteiger partial charge < -0.3 is 5.32 Å². The SMILES string of the molecule is CC(C)NC(=O)C12CC3CC(C)(CC(C)(C3)C1)C2. The third-order valence-electron chi connectivity index (χ3n) is 5.53. The van der Waals surface area contributed by atoms with Gasteiger partial charge in [-0.1, -0.05) is 13.8 Å². The summed E-state index contributed by atoms with van der Waals surface area (Å²) in [5, 5.41) is 3.20. The number of nitrogens with one attached hydrogen (secondary N) is 1. The molecule has 0 aromatic rings. The van der Waals surface area contributed by atoms with Gasteiger partial charge in [-0.05, 0) is 69.1 Å². The van der Waals surface area contributed by atoms with E-state index in [2.05, 4.69) is 33.0 Å². The molecule has 0 heterocycles. The molecule has 0 aliphatic heterocycles. The van der Waals surface area contributed by atoms with Crippen molar-refractivity contribution in [1.29, 1.82) is 0 Å². The maximum Gasteiger partial charge on any atom is 0.226 e. The van der Waals surface area contributed by atoms with Gasteiger partial charge in [0.1, 0.15) is 0 Å². The first-order valence-corrected chi connectivity index (χ1v) is 7.55. The molecule has 2 heteroatoms. The van der Waals surface area contributed by atoms with Gasteiger partial charge in [-0.3, -0.25) is 4.79 Å². The smallest absolute Gasteiger partial charge is 0.226 e.